The van der Waals surface area contributed by atoms with E-state index in [0.717, 1.165) is 17.1 Å². The van der Waals surface area contributed by atoms with Crippen molar-refractivity contribution in [2.24, 2.45) is 0 Å². The van der Waals surface area contributed by atoms with E-state index in [-0.39, 0.29) is 11.5 Å². The second-order valence-corrected chi connectivity index (χ2v) is 6.38. The monoisotopic (exact) mass is 368 g/mol. The van der Waals surface area contributed by atoms with Crippen LogP contribution in [0.15, 0.2) is 97.1 Å². The highest BCUT2D eigenvalue weighted by molar-refractivity contribution is 5.96. The van der Waals surface area contributed by atoms with Gasteiger partial charge in [-0.15, -0.1) is 0 Å². The summed E-state index contributed by atoms with van der Waals surface area (Å²) in [5, 5.41) is 27.8. The number of phenols is 2. The van der Waals surface area contributed by atoms with Gasteiger partial charge in [-0.05, 0) is 42.5 Å². The predicted molar refractivity (Wildman–Crippen MR) is 115 cm³/mol. The summed E-state index contributed by atoms with van der Waals surface area (Å²) in [7, 11) is 0. The lowest BCUT2D eigenvalue weighted by atomic mass is 9.99. The normalized spacial score (nSPS) is 10.4. The maximum Gasteiger partial charge on any atom is 0.125 e. The highest BCUT2D eigenvalue weighted by Crippen LogP contribution is 2.46. The minimum atomic E-state index is 0.0820. The van der Waals surface area contributed by atoms with E-state index in [2.05, 4.69) is 10.6 Å². The molecule has 0 saturated heterocycles. The molecule has 0 aliphatic heterocycles. The molecule has 0 fully saturated rings. The molecular formula is C24H20N2O2. The standard InChI is InChI=1S/C24H20N2O2/c27-21-14-8-7-13-19(21)23-22(28)16-15-20(25-17-9-3-1-4-10-17)24(23)26-18-11-5-2-6-12-18/h1-16,25-28H. The minimum Gasteiger partial charge on any atom is -0.507 e. The lowest BCUT2D eigenvalue weighted by Gasteiger charge is -2.20. The fourth-order valence-electron chi connectivity index (χ4n) is 3.13. The second kappa shape index (κ2) is 7.76. The number of hydrogen-bond acceptors (Lipinski definition) is 4. The molecule has 4 nitrogen and oxygen atoms in total. The quantitative estimate of drug-likeness (QED) is 0.314. The Morgan fingerprint density at radius 3 is 1.71 bits per heavy atom. The molecule has 138 valence electrons. The molecule has 0 aliphatic carbocycles. The molecule has 4 rings (SSSR count). The maximum atomic E-state index is 10.7. The van der Waals surface area contributed by atoms with Crippen LogP contribution in [0.3, 0.4) is 0 Å². The zero-order valence-electron chi connectivity index (χ0n) is 15.1. The Hall–Kier alpha value is -3.92. The van der Waals surface area contributed by atoms with E-state index in [1.54, 1.807) is 24.3 Å². The van der Waals surface area contributed by atoms with Crippen molar-refractivity contribution >= 4 is 22.7 Å². The molecule has 0 amide bonds. The van der Waals surface area contributed by atoms with Gasteiger partial charge >= 0.3 is 0 Å². The van der Waals surface area contributed by atoms with Gasteiger partial charge in [-0.2, -0.15) is 0 Å². The first-order valence-corrected chi connectivity index (χ1v) is 9.01. The van der Waals surface area contributed by atoms with Gasteiger partial charge in [-0.25, -0.2) is 0 Å². The van der Waals surface area contributed by atoms with Crippen LogP contribution in [-0.2, 0) is 0 Å². The fourth-order valence-corrected chi connectivity index (χ4v) is 3.13. The van der Waals surface area contributed by atoms with E-state index < -0.39 is 0 Å². The van der Waals surface area contributed by atoms with Crippen LogP contribution in [0.4, 0.5) is 22.7 Å². The first kappa shape index (κ1) is 17.5. The average molecular weight is 368 g/mol. The topological polar surface area (TPSA) is 64.5 Å². The van der Waals surface area contributed by atoms with E-state index in [1.165, 1.54) is 0 Å². The van der Waals surface area contributed by atoms with E-state index >= 15 is 0 Å². The van der Waals surface area contributed by atoms with Gasteiger partial charge in [0.2, 0.25) is 0 Å². The lowest BCUT2D eigenvalue weighted by molar-refractivity contribution is 0.469. The molecule has 4 aromatic carbocycles. The van der Waals surface area contributed by atoms with Crippen molar-refractivity contribution in [3.8, 4) is 22.6 Å². The molecule has 0 radical (unpaired) electrons. The van der Waals surface area contributed by atoms with Crippen molar-refractivity contribution in [2.45, 2.75) is 0 Å². The van der Waals surface area contributed by atoms with Crippen molar-refractivity contribution in [3.05, 3.63) is 97.1 Å². The number of anilines is 4. The van der Waals surface area contributed by atoms with Crippen molar-refractivity contribution in [1.29, 1.82) is 0 Å². The molecule has 0 heterocycles. The Morgan fingerprint density at radius 2 is 1.07 bits per heavy atom. The molecular weight excluding hydrogens is 348 g/mol. The van der Waals surface area contributed by atoms with Crippen molar-refractivity contribution in [2.75, 3.05) is 10.6 Å². The highest BCUT2D eigenvalue weighted by atomic mass is 16.3. The van der Waals surface area contributed by atoms with Gasteiger partial charge in [-0.1, -0.05) is 54.6 Å². The van der Waals surface area contributed by atoms with Crippen LogP contribution in [0.25, 0.3) is 11.1 Å². The molecule has 0 aromatic heterocycles. The zero-order valence-corrected chi connectivity index (χ0v) is 15.1. The predicted octanol–water partition coefficient (Wildman–Crippen LogP) is 6.25. The Morgan fingerprint density at radius 1 is 0.500 bits per heavy atom. The Balaban J connectivity index is 1.89. The maximum absolute atomic E-state index is 10.7. The number of aromatic hydroxyl groups is 2. The summed E-state index contributed by atoms with van der Waals surface area (Å²) in [6, 6.07) is 30.0. The van der Waals surface area contributed by atoms with Crippen LogP contribution in [0.5, 0.6) is 11.5 Å². The van der Waals surface area contributed by atoms with Crippen LogP contribution in [-0.4, -0.2) is 10.2 Å². The van der Waals surface area contributed by atoms with Crippen molar-refractivity contribution < 1.29 is 10.2 Å². The Bertz CT molecular complexity index is 1080. The summed E-state index contributed by atoms with van der Waals surface area (Å²) in [5.41, 5.74) is 4.34. The third kappa shape index (κ3) is 3.62. The number of phenolic OH excluding ortho intramolecular Hbond substituents is 2. The summed E-state index contributed by atoms with van der Waals surface area (Å²) in [6.45, 7) is 0. The average Bonchev–Trinajstić information content (AvgIpc) is 2.73. The van der Waals surface area contributed by atoms with Gasteiger partial charge in [-0.3, -0.25) is 0 Å². The minimum absolute atomic E-state index is 0.0820. The summed E-state index contributed by atoms with van der Waals surface area (Å²) in [6.07, 6.45) is 0. The van der Waals surface area contributed by atoms with E-state index in [9.17, 15) is 10.2 Å². The molecule has 0 aliphatic rings. The van der Waals surface area contributed by atoms with Crippen molar-refractivity contribution in [3.63, 3.8) is 0 Å². The van der Waals surface area contributed by atoms with Crippen LogP contribution in [0.1, 0.15) is 0 Å². The first-order chi connectivity index (χ1) is 13.7. The highest BCUT2D eigenvalue weighted by Gasteiger charge is 2.18. The molecule has 0 spiro atoms. The Kier molecular flexibility index (Phi) is 4.85. The number of nitrogens with one attached hydrogen (secondary N) is 2. The van der Waals surface area contributed by atoms with E-state index in [1.807, 2.05) is 72.8 Å². The van der Waals surface area contributed by atoms with E-state index in [0.29, 0.717) is 16.8 Å². The smallest absolute Gasteiger partial charge is 0.125 e. The molecule has 4 heteroatoms. The number of hydrogen-bond donors (Lipinski definition) is 4. The molecule has 0 unspecified atom stereocenters. The fraction of sp³-hybridized carbons (Fsp3) is 0. The van der Waals surface area contributed by atoms with Gasteiger partial charge < -0.3 is 20.8 Å². The van der Waals surface area contributed by atoms with Gasteiger partial charge in [0, 0.05) is 16.9 Å². The van der Waals surface area contributed by atoms with Crippen molar-refractivity contribution in [1.82, 2.24) is 0 Å². The van der Waals surface area contributed by atoms with Crippen LogP contribution >= 0.6 is 0 Å². The number of rotatable bonds is 5. The second-order valence-electron chi connectivity index (χ2n) is 6.38. The largest absolute Gasteiger partial charge is 0.507 e. The molecule has 4 N–H and O–H groups in total. The first-order valence-electron chi connectivity index (χ1n) is 9.01. The van der Waals surface area contributed by atoms with Gasteiger partial charge in [0.25, 0.3) is 0 Å². The molecule has 0 bridgehead atoms. The van der Waals surface area contributed by atoms with Crippen LogP contribution in [0, 0.1) is 0 Å². The molecule has 28 heavy (non-hydrogen) atoms. The van der Waals surface area contributed by atoms with E-state index in [4.69, 9.17) is 0 Å². The summed E-state index contributed by atoms with van der Waals surface area (Å²) in [5.74, 6) is 0.185. The summed E-state index contributed by atoms with van der Waals surface area (Å²) < 4.78 is 0. The third-order valence-corrected chi connectivity index (χ3v) is 4.45. The van der Waals surface area contributed by atoms with Crippen LogP contribution in [0.2, 0.25) is 0 Å². The van der Waals surface area contributed by atoms with Gasteiger partial charge in [0.1, 0.15) is 11.5 Å². The number of para-hydroxylation sites is 3. The summed E-state index contributed by atoms with van der Waals surface area (Å²) in [4.78, 5) is 0. The van der Waals surface area contributed by atoms with Gasteiger partial charge in [0.15, 0.2) is 0 Å². The SMILES string of the molecule is Oc1ccccc1-c1c(O)ccc(Nc2ccccc2)c1Nc1ccccc1. The molecule has 4 aromatic rings. The molecule has 0 saturated carbocycles. The zero-order chi connectivity index (χ0) is 19.3. The Labute approximate surface area is 163 Å². The van der Waals surface area contributed by atoms with Crippen LogP contribution < -0.4 is 10.6 Å². The molecule has 0 atom stereocenters. The lowest BCUT2D eigenvalue weighted by Crippen LogP contribution is -2.00. The number of benzene rings is 4. The summed E-state index contributed by atoms with van der Waals surface area (Å²) >= 11 is 0. The van der Waals surface area contributed by atoms with Gasteiger partial charge in [0.05, 0.1) is 16.9 Å². The third-order valence-electron chi connectivity index (χ3n) is 4.45.